The van der Waals surface area contributed by atoms with E-state index in [1.165, 1.54) is 0 Å². The van der Waals surface area contributed by atoms with Gasteiger partial charge in [-0.2, -0.15) is 0 Å². The van der Waals surface area contributed by atoms with E-state index in [0.29, 0.717) is 6.42 Å². The lowest BCUT2D eigenvalue weighted by molar-refractivity contribution is -0.130. The highest BCUT2D eigenvalue weighted by molar-refractivity contribution is 7.99. The average molecular weight is 257 g/mol. The lowest BCUT2D eigenvalue weighted by Gasteiger charge is -2.19. The Morgan fingerprint density at radius 3 is 2.76 bits per heavy atom. The molecule has 1 aromatic heterocycles. The molecule has 0 aliphatic rings. The Morgan fingerprint density at radius 2 is 2.24 bits per heavy atom. The van der Waals surface area contributed by atoms with Gasteiger partial charge in [0.25, 0.3) is 0 Å². The maximum absolute atomic E-state index is 11.5. The minimum atomic E-state index is 0.220. The van der Waals surface area contributed by atoms with Gasteiger partial charge in [-0.1, -0.05) is 18.7 Å². The highest BCUT2D eigenvalue weighted by Crippen LogP contribution is 2.13. The van der Waals surface area contributed by atoms with Gasteiger partial charge in [-0.15, -0.1) is 5.10 Å². The zero-order chi connectivity index (χ0) is 12.7. The predicted molar refractivity (Wildman–Crippen MR) is 66.7 cm³/mol. The van der Waals surface area contributed by atoms with E-state index in [2.05, 4.69) is 15.5 Å². The van der Waals surface area contributed by atoms with Crippen molar-refractivity contribution in [2.24, 2.45) is 7.05 Å². The van der Waals surface area contributed by atoms with E-state index in [1.54, 1.807) is 16.4 Å². The molecule has 96 valence electrons. The Bertz CT molecular complexity index is 354. The zero-order valence-corrected chi connectivity index (χ0v) is 11.4. The summed E-state index contributed by atoms with van der Waals surface area (Å²) in [4.78, 5) is 13.4. The minimum Gasteiger partial charge on any atom is -0.343 e. The molecule has 6 nitrogen and oxygen atoms in total. The molecular weight excluding hydrogens is 238 g/mol. The molecular formula is C10H19N5OS. The van der Waals surface area contributed by atoms with Gasteiger partial charge in [-0.05, 0) is 23.8 Å². The van der Waals surface area contributed by atoms with Gasteiger partial charge >= 0.3 is 0 Å². The van der Waals surface area contributed by atoms with E-state index in [4.69, 9.17) is 0 Å². The monoisotopic (exact) mass is 257 g/mol. The molecule has 7 heteroatoms. The van der Waals surface area contributed by atoms with Crippen LogP contribution in [0.25, 0.3) is 0 Å². The van der Waals surface area contributed by atoms with Crippen LogP contribution in [-0.2, 0) is 11.8 Å². The normalized spacial score (nSPS) is 10.5. The van der Waals surface area contributed by atoms with Gasteiger partial charge in [0.05, 0.1) is 0 Å². The Kier molecular flexibility index (Phi) is 5.96. The molecule has 0 unspecified atom stereocenters. The standard InChI is InChI=1S/C10H19N5OS/c1-4-9(16)15(5-2)7-6-8-17-10-11-12-13-14(10)3/h4-8H2,1-3H3. The van der Waals surface area contributed by atoms with Crippen molar-refractivity contribution in [2.45, 2.75) is 31.8 Å². The van der Waals surface area contributed by atoms with E-state index in [9.17, 15) is 4.79 Å². The molecule has 1 heterocycles. The summed E-state index contributed by atoms with van der Waals surface area (Å²) in [6.45, 7) is 5.49. The number of rotatable bonds is 7. The van der Waals surface area contributed by atoms with E-state index in [-0.39, 0.29) is 5.91 Å². The molecule has 0 N–H and O–H groups in total. The number of carbonyl (C=O) groups is 1. The van der Waals surface area contributed by atoms with Crippen LogP contribution in [0, 0.1) is 0 Å². The molecule has 0 fully saturated rings. The molecule has 0 aromatic carbocycles. The molecule has 0 spiro atoms. The van der Waals surface area contributed by atoms with Gasteiger partial charge in [0.2, 0.25) is 11.1 Å². The molecule has 1 aromatic rings. The number of amides is 1. The zero-order valence-electron chi connectivity index (χ0n) is 10.6. The van der Waals surface area contributed by atoms with Gasteiger partial charge in [-0.25, -0.2) is 4.68 Å². The third-order valence-corrected chi connectivity index (χ3v) is 3.52. The first-order chi connectivity index (χ1) is 8.19. The quantitative estimate of drug-likeness (QED) is 0.537. The highest BCUT2D eigenvalue weighted by atomic mass is 32.2. The number of aryl methyl sites for hydroxylation is 1. The summed E-state index contributed by atoms with van der Waals surface area (Å²) in [5.41, 5.74) is 0. The number of carbonyl (C=O) groups excluding carboxylic acids is 1. The van der Waals surface area contributed by atoms with Crippen molar-refractivity contribution >= 4 is 17.7 Å². The number of hydrogen-bond donors (Lipinski definition) is 0. The number of nitrogens with zero attached hydrogens (tertiary/aromatic N) is 5. The molecule has 0 bridgehead atoms. The van der Waals surface area contributed by atoms with Crippen LogP contribution in [0.15, 0.2) is 5.16 Å². The van der Waals surface area contributed by atoms with Crippen LogP contribution in [0.3, 0.4) is 0 Å². The predicted octanol–water partition coefficient (Wildman–Crippen LogP) is 0.951. The van der Waals surface area contributed by atoms with Crippen LogP contribution in [-0.4, -0.2) is 49.9 Å². The SMILES string of the molecule is CCC(=O)N(CC)CCCSc1nnnn1C. The summed E-state index contributed by atoms with van der Waals surface area (Å²) >= 11 is 1.61. The number of thioether (sulfide) groups is 1. The summed E-state index contributed by atoms with van der Waals surface area (Å²) < 4.78 is 1.65. The molecule has 17 heavy (non-hydrogen) atoms. The van der Waals surface area contributed by atoms with Gasteiger partial charge in [-0.3, -0.25) is 4.79 Å². The fourth-order valence-electron chi connectivity index (χ4n) is 1.45. The van der Waals surface area contributed by atoms with Gasteiger partial charge in [0, 0.05) is 32.3 Å². The van der Waals surface area contributed by atoms with Crippen molar-refractivity contribution in [3.63, 3.8) is 0 Å². The first-order valence-corrected chi connectivity index (χ1v) is 6.80. The van der Waals surface area contributed by atoms with Crippen LogP contribution in [0.5, 0.6) is 0 Å². The van der Waals surface area contributed by atoms with Crippen LogP contribution in [0.1, 0.15) is 26.7 Å². The second kappa shape index (κ2) is 7.26. The number of tetrazole rings is 1. The maximum Gasteiger partial charge on any atom is 0.222 e. The van der Waals surface area contributed by atoms with Crippen molar-refractivity contribution in [2.75, 3.05) is 18.8 Å². The molecule has 0 radical (unpaired) electrons. The molecule has 0 saturated heterocycles. The van der Waals surface area contributed by atoms with Crippen molar-refractivity contribution in [1.29, 1.82) is 0 Å². The highest BCUT2D eigenvalue weighted by Gasteiger charge is 2.09. The molecule has 1 amide bonds. The molecule has 0 aliphatic carbocycles. The Morgan fingerprint density at radius 1 is 1.47 bits per heavy atom. The van der Waals surface area contributed by atoms with Crippen LogP contribution >= 0.6 is 11.8 Å². The average Bonchev–Trinajstić information content (AvgIpc) is 2.74. The van der Waals surface area contributed by atoms with Crippen molar-refractivity contribution in [3.05, 3.63) is 0 Å². The lowest BCUT2D eigenvalue weighted by Crippen LogP contribution is -2.31. The topological polar surface area (TPSA) is 63.9 Å². The first-order valence-electron chi connectivity index (χ1n) is 5.82. The maximum atomic E-state index is 11.5. The summed E-state index contributed by atoms with van der Waals surface area (Å²) in [5, 5.41) is 12.0. The molecule has 0 aliphatic heterocycles. The second-order valence-electron chi connectivity index (χ2n) is 3.61. The fourth-order valence-corrected chi connectivity index (χ4v) is 2.22. The fraction of sp³-hybridized carbons (Fsp3) is 0.800. The third kappa shape index (κ3) is 4.33. The summed E-state index contributed by atoms with van der Waals surface area (Å²) in [6, 6.07) is 0. The largest absolute Gasteiger partial charge is 0.343 e. The minimum absolute atomic E-state index is 0.220. The van der Waals surface area contributed by atoms with Crippen LogP contribution < -0.4 is 0 Å². The van der Waals surface area contributed by atoms with Crippen molar-refractivity contribution in [1.82, 2.24) is 25.1 Å². The lowest BCUT2D eigenvalue weighted by atomic mass is 10.3. The Labute approximate surface area is 106 Å². The van der Waals surface area contributed by atoms with Crippen molar-refractivity contribution in [3.8, 4) is 0 Å². The first kappa shape index (κ1) is 14.0. The van der Waals surface area contributed by atoms with Crippen LogP contribution in [0.2, 0.25) is 0 Å². The smallest absolute Gasteiger partial charge is 0.222 e. The van der Waals surface area contributed by atoms with E-state index >= 15 is 0 Å². The summed E-state index contributed by atoms with van der Waals surface area (Å²) in [6.07, 6.45) is 1.53. The third-order valence-electron chi connectivity index (χ3n) is 2.42. The van der Waals surface area contributed by atoms with Crippen molar-refractivity contribution < 1.29 is 4.79 Å². The number of aromatic nitrogens is 4. The number of hydrogen-bond acceptors (Lipinski definition) is 5. The summed E-state index contributed by atoms with van der Waals surface area (Å²) in [7, 11) is 1.82. The van der Waals surface area contributed by atoms with Crippen LogP contribution in [0.4, 0.5) is 0 Å². The Balaban J connectivity index is 2.23. The van der Waals surface area contributed by atoms with E-state index < -0.39 is 0 Å². The van der Waals surface area contributed by atoms with Gasteiger partial charge in [0.1, 0.15) is 0 Å². The van der Waals surface area contributed by atoms with E-state index in [0.717, 1.165) is 30.4 Å². The Hall–Kier alpha value is -1.11. The van der Waals surface area contributed by atoms with Gasteiger partial charge < -0.3 is 4.90 Å². The molecule has 0 saturated carbocycles. The van der Waals surface area contributed by atoms with E-state index in [1.807, 2.05) is 25.8 Å². The second-order valence-corrected chi connectivity index (χ2v) is 4.68. The van der Waals surface area contributed by atoms with Gasteiger partial charge in [0.15, 0.2) is 0 Å². The molecule has 0 atom stereocenters. The molecule has 1 rings (SSSR count). The summed E-state index contributed by atoms with van der Waals surface area (Å²) in [5.74, 6) is 1.14.